The van der Waals surface area contributed by atoms with Crippen molar-refractivity contribution in [3.63, 3.8) is 0 Å². The highest BCUT2D eigenvalue weighted by atomic mass is 32.2. The van der Waals surface area contributed by atoms with Crippen molar-refractivity contribution in [2.45, 2.75) is 19.0 Å². The van der Waals surface area contributed by atoms with Gasteiger partial charge in [-0.3, -0.25) is 4.79 Å². The number of nitrogens with zero attached hydrogens (tertiary/aromatic N) is 1. The van der Waals surface area contributed by atoms with Gasteiger partial charge >= 0.3 is 0 Å². The molecule has 6 heteroatoms. The summed E-state index contributed by atoms with van der Waals surface area (Å²) in [6.45, 7) is 0.391. The first-order valence-corrected chi connectivity index (χ1v) is 9.62. The zero-order chi connectivity index (χ0) is 17.0. The van der Waals surface area contributed by atoms with Crippen molar-refractivity contribution >= 4 is 21.8 Å². The Morgan fingerprint density at radius 1 is 1.21 bits per heavy atom. The maximum Gasteiger partial charge on any atom is 0.247 e. The summed E-state index contributed by atoms with van der Waals surface area (Å²) in [5.41, 5.74) is 0.974. The lowest BCUT2D eigenvalue weighted by Gasteiger charge is -2.27. The van der Waals surface area contributed by atoms with E-state index in [0.29, 0.717) is 18.7 Å². The molecule has 3 rings (SSSR count). The van der Waals surface area contributed by atoms with Crippen LogP contribution in [-0.4, -0.2) is 36.8 Å². The summed E-state index contributed by atoms with van der Waals surface area (Å²) < 4.78 is 28.8. The van der Waals surface area contributed by atoms with Gasteiger partial charge in [0.05, 0.1) is 17.8 Å². The van der Waals surface area contributed by atoms with Crippen LogP contribution in [0.3, 0.4) is 0 Å². The quantitative estimate of drug-likeness (QED) is 0.781. The van der Waals surface area contributed by atoms with Crippen molar-refractivity contribution in [1.29, 1.82) is 0 Å². The molecule has 2 heterocycles. The second-order valence-corrected chi connectivity index (χ2v) is 8.09. The van der Waals surface area contributed by atoms with Crippen LogP contribution in [0.25, 0.3) is 6.08 Å². The standard InChI is InChI=1S/C18H19NO4S/c20-18(9-8-17-7-4-11-23-17)19(13-15-5-2-1-3-6-15)16-10-12-24(21,22)14-16/h1-9,11,16H,10,12-14H2/b9-8+. The molecule has 0 bridgehead atoms. The average Bonchev–Trinajstić information content (AvgIpc) is 3.20. The average molecular weight is 345 g/mol. The summed E-state index contributed by atoms with van der Waals surface area (Å²) in [5, 5.41) is 0. The number of carbonyl (C=O) groups is 1. The van der Waals surface area contributed by atoms with Gasteiger partial charge in [-0.25, -0.2) is 8.42 Å². The lowest BCUT2D eigenvalue weighted by atomic mass is 10.1. The second kappa shape index (κ2) is 7.05. The van der Waals surface area contributed by atoms with E-state index in [1.165, 1.54) is 12.3 Å². The van der Waals surface area contributed by atoms with Crippen LogP contribution in [0.15, 0.2) is 59.2 Å². The fraction of sp³-hybridized carbons (Fsp3) is 0.278. The number of benzene rings is 1. The van der Waals surface area contributed by atoms with Gasteiger partial charge < -0.3 is 9.32 Å². The van der Waals surface area contributed by atoms with Crippen molar-refractivity contribution in [1.82, 2.24) is 4.90 Å². The topological polar surface area (TPSA) is 67.6 Å². The van der Waals surface area contributed by atoms with Crippen molar-refractivity contribution < 1.29 is 17.6 Å². The van der Waals surface area contributed by atoms with Crippen LogP contribution in [0.1, 0.15) is 17.7 Å². The summed E-state index contributed by atoms with van der Waals surface area (Å²) >= 11 is 0. The van der Waals surface area contributed by atoms with Crippen molar-refractivity contribution in [3.8, 4) is 0 Å². The molecule has 2 aromatic rings. The number of hydrogen-bond acceptors (Lipinski definition) is 4. The number of hydrogen-bond donors (Lipinski definition) is 0. The minimum Gasteiger partial charge on any atom is -0.465 e. The molecule has 0 radical (unpaired) electrons. The Bertz CT molecular complexity index is 810. The number of amides is 1. The maximum atomic E-state index is 12.6. The van der Waals surface area contributed by atoms with Crippen LogP contribution in [0.2, 0.25) is 0 Å². The Kier molecular flexibility index (Phi) is 4.85. The molecule has 1 atom stereocenters. The molecule has 0 spiro atoms. The molecule has 1 unspecified atom stereocenters. The van der Waals surface area contributed by atoms with Crippen molar-refractivity contribution in [2.75, 3.05) is 11.5 Å². The highest BCUT2D eigenvalue weighted by Crippen LogP contribution is 2.21. The Hall–Kier alpha value is -2.34. The van der Waals surface area contributed by atoms with Gasteiger partial charge in [0.1, 0.15) is 5.76 Å². The Labute approximate surface area is 141 Å². The molecule has 1 amide bonds. The van der Waals surface area contributed by atoms with Gasteiger partial charge in [-0.1, -0.05) is 30.3 Å². The molecule has 0 N–H and O–H groups in total. The zero-order valence-corrected chi connectivity index (χ0v) is 14.0. The van der Waals surface area contributed by atoms with Crippen LogP contribution in [0, 0.1) is 0 Å². The molecule has 1 aliphatic rings. The van der Waals surface area contributed by atoms with E-state index < -0.39 is 9.84 Å². The largest absolute Gasteiger partial charge is 0.465 e. The third-order valence-electron chi connectivity index (χ3n) is 4.06. The van der Waals surface area contributed by atoms with Crippen LogP contribution in [0.5, 0.6) is 0 Å². The third kappa shape index (κ3) is 4.14. The predicted molar refractivity (Wildman–Crippen MR) is 91.8 cm³/mol. The van der Waals surface area contributed by atoms with E-state index in [0.717, 1.165) is 5.56 Å². The molecule has 1 aromatic heterocycles. The molecule has 1 saturated heterocycles. The minimum absolute atomic E-state index is 0.0279. The zero-order valence-electron chi connectivity index (χ0n) is 13.2. The minimum atomic E-state index is -3.06. The Morgan fingerprint density at radius 2 is 2.00 bits per heavy atom. The first-order valence-electron chi connectivity index (χ1n) is 7.80. The molecule has 24 heavy (non-hydrogen) atoms. The summed E-state index contributed by atoms with van der Waals surface area (Å²) in [4.78, 5) is 14.3. The lowest BCUT2D eigenvalue weighted by Crippen LogP contribution is -2.39. The van der Waals surface area contributed by atoms with Gasteiger partial charge in [-0.2, -0.15) is 0 Å². The highest BCUT2D eigenvalue weighted by molar-refractivity contribution is 7.91. The molecule has 0 aliphatic carbocycles. The van der Waals surface area contributed by atoms with Crippen molar-refractivity contribution in [3.05, 3.63) is 66.1 Å². The fourth-order valence-corrected chi connectivity index (χ4v) is 4.55. The molecule has 5 nitrogen and oxygen atoms in total. The Morgan fingerprint density at radius 3 is 2.62 bits per heavy atom. The fourth-order valence-electron chi connectivity index (χ4n) is 2.82. The normalized spacial score (nSPS) is 19.6. The van der Waals surface area contributed by atoms with Gasteiger partial charge in [0.2, 0.25) is 5.91 Å². The molecular formula is C18H19NO4S. The molecule has 1 fully saturated rings. The van der Waals surface area contributed by atoms with E-state index in [-0.39, 0.29) is 23.5 Å². The summed E-state index contributed by atoms with van der Waals surface area (Å²) in [5.74, 6) is 0.539. The van der Waals surface area contributed by atoms with Crippen molar-refractivity contribution in [2.24, 2.45) is 0 Å². The van der Waals surface area contributed by atoms with Gasteiger partial charge in [-0.05, 0) is 30.2 Å². The van der Waals surface area contributed by atoms with E-state index in [1.54, 1.807) is 23.1 Å². The summed E-state index contributed by atoms with van der Waals surface area (Å²) in [6.07, 6.45) is 5.06. The van der Waals surface area contributed by atoms with E-state index in [2.05, 4.69) is 0 Å². The molecule has 1 aliphatic heterocycles. The van der Waals surface area contributed by atoms with Crippen LogP contribution in [0.4, 0.5) is 0 Å². The SMILES string of the molecule is O=C(/C=C/c1ccco1)N(Cc1ccccc1)C1CCS(=O)(=O)C1. The van der Waals surface area contributed by atoms with Gasteiger partial charge in [-0.15, -0.1) is 0 Å². The second-order valence-electron chi connectivity index (χ2n) is 5.86. The first kappa shape index (κ1) is 16.5. The number of rotatable bonds is 5. The maximum absolute atomic E-state index is 12.6. The monoisotopic (exact) mass is 345 g/mol. The third-order valence-corrected chi connectivity index (χ3v) is 5.81. The highest BCUT2D eigenvalue weighted by Gasteiger charge is 2.34. The number of carbonyl (C=O) groups excluding carboxylic acids is 1. The van der Waals surface area contributed by atoms with Crippen LogP contribution in [-0.2, 0) is 21.2 Å². The summed E-state index contributed by atoms with van der Waals surface area (Å²) in [6, 6.07) is 12.8. The van der Waals surface area contributed by atoms with E-state index in [1.807, 2.05) is 30.3 Å². The summed E-state index contributed by atoms with van der Waals surface area (Å²) in [7, 11) is -3.06. The van der Waals surface area contributed by atoms with E-state index in [4.69, 9.17) is 4.42 Å². The van der Waals surface area contributed by atoms with Gasteiger partial charge in [0.15, 0.2) is 9.84 Å². The smallest absolute Gasteiger partial charge is 0.247 e. The van der Waals surface area contributed by atoms with Gasteiger partial charge in [0, 0.05) is 18.7 Å². The van der Waals surface area contributed by atoms with Gasteiger partial charge in [0.25, 0.3) is 0 Å². The first-order chi connectivity index (χ1) is 11.5. The van der Waals surface area contributed by atoms with E-state index in [9.17, 15) is 13.2 Å². The van der Waals surface area contributed by atoms with Crippen LogP contribution >= 0.6 is 0 Å². The predicted octanol–water partition coefficient (Wildman–Crippen LogP) is 2.51. The molecule has 0 saturated carbocycles. The molecule has 1 aromatic carbocycles. The molecular weight excluding hydrogens is 326 g/mol. The Balaban J connectivity index is 1.80. The lowest BCUT2D eigenvalue weighted by molar-refractivity contribution is -0.128. The number of furan rings is 1. The number of sulfone groups is 1. The molecule has 126 valence electrons. The van der Waals surface area contributed by atoms with Crippen LogP contribution < -0.4 is 0 Å². The van der Waals surface area contributed by atoms with E-state index >= 15 is 0 Å².